The number of nitrogens with zero attached hydrogens (tertiary/aromatic N) is 1. The van der Waals surface area contributed by atoms with Crippen molar-refractivity contribution in [1.82, 2.24) is 5.32 Å². The second kappa shape index (κ2) is 2.58. The summed E-state index contributed by atoms with van der Waals surface area (Å²) in [4.78, 5) is 4.01. The molecule has 2 aliphatic heterocycles. The van der Waals surface area contributed by atoms with Crippen LogP contribution in [0.3, 0.4) is 0 Å². The van der Waals surface area contributed by atoms with E-state index in [0.717, 1.165) is 0 Å². The number of nitrogens with one attached hydrogen (secondary N) is 1. The van der Waals surface area contributed by atoms with E-state index < -0.39 is 0 Å². The Morgan fingerprint density at radius 3 is 3.18 bits per heavy atom. The Morgan fingerprint density at radius 2 is 2.18 bits per heavy atom. The maximum Gasteiger partial charge on any atom is 0.0274 e. The van der Waals surface area contributed by atoms with Crippen LogP contribution in [-0.4, -0.2) is 6.21 Å². The molecule has 0 aromatic rings. The minimum absolute atomic E-state index is 1.17. The monoisotopic (exact) mass is 144 g/mol. The van der Waals surface area contributed by atoms with Gasteiger partial charge in [0.1, 0.15) is 0 Å². The lowest BCUT2D eigenvalue weighted by Gasteiger charge is -2.06. The van der Waals surface area contributed by atoms with Crippen molar-refractivity contribution in [3.8, 4) is 0 Å². The Morgan fingerprint density at radius 1 is 1.18 bits per heavy atom. The molecule has 11 heavy (non-hydrogen) atoms. The molecule has 2 heteroatoms. The Kier molecular flexibility index (Phi) is 1.44. The van der Waals surface area contributed by atoms with Gasteiger partial charge in [0.05, 0.1) is 0 Å². The van der Waals surface area contributed by atoms with Crippen molar-refractivity contribution in [2.45, 2.75) is 0 Å². The summed E-state index contributed by atoms with van der Waals surface area (Å²) >= 11 is 0. The summed E-state index contributed by atoms with van der Waals surface area (Å²) < 4.78 is 0. The van der Waals surface area contributed by atoms with Gasteiger partial charge in [-0.3, -0.25) is 4.99 Å². The summed E-state index contributed by atoms with van der Waals surface area (Å²) in [5.41, 5.74) is 2.37. The Balaban J connectivity index is 2.44. The van der Waals surface area contributed by atoms with Gasteiger partial charge in [0.15, 0.2) is 0 Å². The average Bonchev–Trinajstić information content (AvgIpc) is 2.28. The molecule has 0 aliphatic carbocycles. The average molecular weight is 144 g/mol. The smallest absolute Gasteiger partial charge is 0.0274 e. The summed E-state index contributed by atoms with van der Waals surface area (Å²) in [5, 5.41) is 3.02. The van der Waals surface area contributed by atoms with Crippen molar-refractivity contribution in [3.63, 3.8) is 0 Å². The summed E-state index contributed by atoms with van der Waals surface area (Å²) in [5.74, 6) is 0. The maximum atomic E-state index is 4.01. The van der Waals surface area contributed by atoms with E-state index in [4.69, 9.17) is 0 Å². The van der Waals surface area contributed by atoms with Crippen LogP contribution < -0.4 is 5.32 Å². The molecule has 1 N–H and O–H groups in total. The van der Waals surface area contributed by atoms with Gasteiger partial charge in [-0.2, -0.15) is 0 Å². The van der Waals surface area contributed by atoms with Crippen molar-refractivity contribution in [3.05, 3.63) is 48.0 Å². The highest BCUT2D eigenvalue weighted by atomic mass is 14.8. The van der Waals surface area contributed by atoms with Crippen molar-refractivity contribution >= 4 is 6.21 Å². The molecular weight excluding hydrogens is 136 g/mol. The molecule has 2 rings (SSSR count). The first-order valence-corrected chi connectivity index (χ1v) is 3.50. The van der Waals surface area contributed by atoms with Crippen molar-refractivity contribution in [2.24, 2.45) is 4.99 Å². The SMILES string of the molecule is C1=CC2=CNC=CC2=CC=N1. The number of allylic oxidation sites excluding steroid dienone is 5. The minimum atomic E-state index is 1.17. The summed E-state index contributed by atoms with van der Waals surface area (Å²) in [6.07, 6.45) is 13.4. The topological polar surface area (TPSA) is 24.4 Å². The second-order valence-corrected chi connectivity index (χ2v) is 2.34. The van der Waals surface area contributed by atoms with Crippen molar-refractivity contribution in [1.29, 1.82) is 0 Å². The zero-order valence-electron chi connectivity index (χ0n) is 5.99. The maximum absolute atomic E-state index is 4.01. The quantitative estimate of drug-likeness (QED) is 0.547. The lowest BCUT2D eigenvalue weighted by molar-refractivity contribution is 1.14. The third-order valence-corrected chi connectivity index (χ3v) is 1.61. The Hall–Kier alpha value is -1.57. The molecule has 2 aliphatic rings. The van der Waals surface area contributed by atoms with Crippen LogP contribution in [0.1, 0.15) is 0 Å². The molecule has 0 amide bonds. The molecule has 0 saturated heterocycles. The fourth-order valence-electron chi connectivity index (χ4n) is 1.05. The van der Waals surface area contributed by atoms with E-state index in [1.54, 1.807) is 12.4 Å². The van der Waals surface area contributed by atoms with Gasteiger partial charge in [-0.25, -0.2) is 0 Å². The van der Waals surface area contributed by atoms with Crippen LogP contribution in [0.4, 0.5) is 0 Å². The number of rotatable bonds is 0. The number of hydrogen-bond donors (Lipinski definition) is 1. The molecule has 0 fully saturated rings. The first-order chi connectivity index (χ1) is 5.47. The highest BCUT2D eigenvalue weighted by molar-refractivity contribution is 5.77. The van der Waals surface area contributed by atoms with E-state index >= 15 is 0 Å². The zero-order valence-corrected chi connectivity index (χ0v) is 5.99. The van der Waals surface area contributed by atoms with Gasteiger partial charge < -0.3 is 5.32 Å². The van der Waals surface area contributed by atoms with Crippen molar-refractivity contribution in [2.75, 3.05) is 0 Å². The molecule has 0 atom stereocenters. The van der Waals surface area contributed by atoms with Gasteiger partial charge in [-0.05, 0) is 29.4 Å². The summed E-state index contributed by atoms with van der Waals surface area (Å²) in [7, 11) is 0. The van der Waals surface area contributed by atoms with Crippen molar-refractivity contribution < 1.29 is 0 Å². The van der Waals surface area contributed by atoms with Crippen LogP contribution >= 0.6 is 0 Å². The molecule has 0 spiro atoms. The van der Waals surface area contributed by atoms with E-state index in [1.165, 1.54) is 11.1 Å². The summed E-state index contributed by atoms with van der Waals surface area (Å²) in [6.45, 7) is 0. The fraction of sp³-hybridized carbons (Fsp3) is 0. The highest BCUT2D eigenvalue weighted by Gasteiger charge is 2.01. The van der Waals surface area contributed by atoms with E-state index in [-0.39, 0.29) is 0 Å². The van der Waals surface area contributed by atoms with Crippen LogP contribution in [0.5, 0.6) is 0 Å². The van der Waals surface area contributed by atoms with Gasteiger partial charge in [-0.1, -0.05) is 0 Å². The van der Waals surface area contributed by atoms with E-state index in [1.807, 2.05) is 30.6 Å². The molecule has 0 aromatic heterocycles. The third-order valence-electron chi connectivity index (χ3n) is 1.61. The van der Waals surface area contributed by atoms with Gasteiger partial charge in [0.25, 0.3) is 0 Å². The van der Waals surface area contributed by atoms with Gasteiger partial charge >= 0.3 is 0 Å². The first-order valence-electron chi connectivity index (χ1n) is 3.50. The van der Waals surface area contributed by atoms with E-state index in [0.29, 0.717) is 0 Å². The normalized spacial score (nSPS) is 19.6. The van der Waals surface area contributed by atoms with Crippen LogP contribution in [0.25, 0.3) is 0 Å². The second-order valence-electron chi connectivity index (χ2n) is 2.34. The molecule has 54 valence electrons. The highest BCUT2D eigenvalue weighted by Crippen LogP contribution is 2.15. The number of aliphatic imine (C=N–C) groups is 1. The third kappa shape index (κ3) is 1.15. The Bertz CT molecular complexity index is 304. The molecular formula is C9H8N2. The fourth-order valence-corrected chi connectivity index (χ4v) is 1.05. The predicted molar refractivity (Wildman–Crippen MR) is 46.1 cm³/mol. The van der Waals surface area contributed by atoms with Crippen LogP contribution in [0.2, 0.25) is 0 Å². The minimum Gasteiger partial charge on any atom is -0.367 e. The molecule has 2 nitrogen and oxygen atoms in total. The van der Waals surface area contributed by atoms with Gasteiger partial charge in [0, 0.05) is 24.8 Å². The molecule has 0 saturated carbocycles. The molecule has 0 bridgehead atoms. The standard InChI is InChI=1S/C9H8N2/c1-4-10-5-3-9-7-11-6-2-8(1)9/h1-7,11H. The molecule has 2 heterocycles. The predicted octanol–water partition coefficient (Wildman–Crippen LogP) is 1.51. The number of dihydropyridines is 1. The number of hydrogen-bond acceptors (Lipinski definition) is 2. The molecule has 0 unspecified atom stereocenters. The van der Waals surface area contributed by atoms with Crippen LogP contribution in [0.15, 0.2) is 53.0 Å². The molecule has 0 radical (unpaired) electrons. The largest absolute Gasteiger partial charge is 0.367 e. The van der Waals surface area contributed by atoms with Gasteiger partial charge in [0.2, 0.25) is 0 Å². The zero-order chi connectivity index (χ0) is 7.52. The van der Waals surface area contributed by atoms with Gasteiger partial charge in [-0.15, -0.1) is 0 Å². The molecule has 0 aromatic carbocycles. The van der Waals surface area contributed by atoms with Crippen LogP contribution in [-0.2, 0) is 0 Å². The first kappa shape index (κ1) is 6.16. The van der Waals surface area contributed by atoms with E-state index in [9.17, 15) is 0 Å². The number of fused-ring (bicyclic) bond motifs is 1. The lowest BCUT2D eigenvalue weighted by atomic mass is 10.1. The van der Waals surface area contributed by atoms with E-state index in [2.05, 4.69) is 10.3 Å². The Labute approximate surface area is 65.3 Å². The summed E-state index contributed by atoms with van der Waals surface area (Å²) in [6, 6.07) is 0. The lowest BCUT2D eigenvalue weighted by Crippen LogP contribution is -2.01. The van der Waals surface area contributed by atoms with Crippen LogP contribution in [0, 0.1) is 0 Å².